The van der Waals surface area contributed by atoms with Gasteiger partial charge in [0.15, 0.2) is 11.5 Å². The molecule has 8 nitrogen and oxygen atoms in total. The number of amides is 1. The van der Waals surface area contributed by atoms with Gasteiger partial charge in [-0.15, -0.1) is 0 Å². The highest BCUT2D eigenvalue weighted by Crippen LogP contribution is 2.32. The van der Waals surface area contributed by atoms with Crippen LogP contribution in [0.3, 0.4) is 0 Å². The Hall–Kier alpha value is -3.11. The molecule has 0 radical (unpaired) electrons. The number of nitro groups is 1. The van der Waals surface area contributed by atoms with Gasteiger partial charge in [-0.2, -0.15) is 0 Å². The minimum atomic E-state index is -0.509. The lowest BCUT2D eigenvalue weighted by atomic mass is 10.1. The van der Waals surface area contributed by atoms with Crippen molar-refractivity contribution < 1.29 is 23.9 Å². The zero-order valence-electron chi connectivity index (χ0n) is 16.2. The van der Waals surface area contributed by atoms with Crippen LogP contribution >= 0.6 is 24.0 Å². The van der Waals surface area contributed by atoms with Crippen LogP contribution in [-0.4, -0.2) is 35.5 Å². The summed E-state index contributed by atoms with van der Waals surface area (Å²) in [6.45, 7) is 2.37. The molecule has 0 aromatic heterocycles. The van der Waals surface area contributed by atoms with Gasteiger partial charge in [0.2, 0.25) is 0 Å². The quantitative estimate of drug-likeness (QED) is 0.215. The number of carbonyl (C=O) groups is 1. The molecule has 0 spiro atoms. The molecule has 1 fully saturated rings. The van der Waals surface area contributed by atoms with Gasteiger partial charge in [-0.05, 0) is 36.8 Å². The normalized spacial score (nSPS) is 14.5. The topological polar surface area (TPSA) is 99.9 Å². The summed E-state index contributed by atoms with van der Waals surface area (Å²) in [6, 6.07) is 9.77. The van der Waals surface area contributed by atoms with Gasteiger partial charge in [-0.25, -0.2) is 0 Å². The number of ether oxygens (including phenoxy) is 3. The van der Waals surface area contributed by atoms with Crippen molar-refractivity contribution in [3.05, 3.63) is 62.5 Å². The molecular formula is C20H18N2O6S2. The second-order valence-corrected chi connectivity index (χ2v) is 7.90. The first kappa shape index (κ1) is 21.6. The van der Waals surface area contributed by atoms with Crippen LogP contribution in [0.4, 0.5) is 5.69 Å². The van der Waals surface area contributed by atoms with Gasteiger partial charge in [-0.1, -0.05) is 30.0 Å². The van der Waals surface area contributed by atoms with Gasteiger partial charge >= 0.3 is 0 Å². The Labute approximate surface area is 182 Å². The molecule has 1 saturated heterocycles. The van der Waals surface area contributed by atoms with Crippen LogP contribution < -0.4 is 19.5 Å². The van der Waals surface area contributed by atoms with Crippen molar-refractivity contribution in [3.8, 4) is 17.2 Å². The number of nitro benzene ring substituents is 1. The number of thioether (sulfide) groups is 1. The predicted octanol–water partition coefficient (Wildman–Crippen LogP) is 3.86. The Kier molecular flexibility index (Phi) is 6.91. The predicted molar refractivity (Wildman–Crippen MR) is 118 cm³/mol. The fourth-order valence-corrected chi connectivity index (χ4v) is 3.69. The molecule has 1 heterocycles. The summed E-state index contributed by atoms with van der Waals surface area (Å²) in [5.41, 5.74) is 1.34. The van der Waals surface area contributed by atoms with E-state index in [4.69, 9.17) is 26.4 Å². The van der Waals surface area contributed by atoms with E-state index in [1.54, 1.807) is 7.11 Å². The highest BCUT2D eigenvalue weighted by Gasteiger charge is 2.23. The summed E-state index contributed by atoms with van der Waals surface area (Å²) in [5, 5.41) is 13.6. The highest BCUT2D eigenvalue weighted by atomic mass is 32.2. The smallest absolute Gasteiger partial charge is 0.270 e. The molecule has 0 saturated carbocycles. The lowest BCUT2D eigenvalue weighted by molar-refractivity contribution is -0.384. The van der Waals surface area contributed by atoms with Gasteiger partial charge in [0, 0.05) is 17.7 Å². The van der Waals surface area contributed by atoms with Crippen molar-refractivity contribution in [1.29, 1.82) is 0 Å². The Bertz CT molecular complexity index is 1040. The Morgan fingerprint density at radius 3 is 2.47 bits per heavy atom. The molecule has 1 N–H and O–H groups in total. The van der Waals surface area contributed by atoms with Crippen LogP contribution in [0.2, 0.25) is 0 Å². The summed E-state index contributed by atoms with van der Waals surface area (Å²) in [7, 11) is 1.57. The maximum absolute atomic E-state index is 11.9. The molecule has 156 valence electrons. The van der Waals surface area contributed by atoms with E-state index in [2.05, 4.69) is 5.32 Å². The molecule has 30 heavy (non-hydrogen) atoms. The van der Waals surface area contributed by atoms with E-state index in [-0.39, 0.29) is 24.8 Å². The first-order valence-corrected chi connectivity index (χ1v) is 10.0. The fraction of sp³-hybridized carbons (Fsp3) is 0.200. The molecule has 1 amide bonds. The number of non-ortho nitro benzene ring substituents is 1. The number of carbonyl (C=O) groups excluding carboxylic acids is 1. The third-order valence-electron chi connectivity index (χ3n) is 4.05. The molecular weight excluding hydrogens is 428 g/mol. The highest BCUT2D eigenvalue weighted by molar-refractivity contribution is 8.26. The summed E-state index contributed by atoms with van der Waals surface area (Å²) >= 11 is 6.06. The average Bonchev–Trinajstić information content (AvgIpc) is 3.03. The number of hydrogen-bond donors (Lipinski definition) is 1. The van der Waals surface area contributed by atoms with E-state index < -0.39 is 4.92 Å². The van der Waals surface area contributed by atoms with Crippen LogP contribution in [0, 0.1) is 17.0 Å². The Morgan fingerprint density at radius 2 is 1.83 bits per heavy atom. The standard InChI is InChI=1S/C20H18N2O6S2/c1-12-3-5-16(17(9-12)26-2)28-8-7-27-15-6-4-14(22(24)25)10-13(15)11-18-19(23)21-20(29)30-18/h3-6,9-11H,7-8H2,1-2H3,(H,21,23,29). The maximum Gasteiger partial charge on any atom is 0.270 e. The van der Waals surface area contributed by atoms with Crippen LogP contribution in [0.1, 0.15) is 11.1 Å². The number of hydrogen-bond acceptors (Lipinski definition) is 8. The van der Waals surface area contributed by atoms with E-state index in [0.717, 1.165) is 17.3 Å². The number of aryl methyl sites for hydroxylation is 1. The number of thiocarbonyl (C=S) groups is 1. The summed E-state index contributed by atoms with van der Waals surface area (Å²) in [6.07, 6.45) is 1.52. The molecule has 2 aromatic rings. The largest absolute Gasteiger partial charge is 0.493 e. The molecule has 0 atom stereocenters. The first-order valence-electron chi connectivity index (χ1n) is 8.81. The van der Waals surface area contributed by atoms with Gasteiger partial charge in [0.25, 0.3) is 11.6 Å². The minimum absolute atomic E-state index is 0.110. The van der Waals surface area contributed by atoms with Gasteiger partial charge in [0.1, 0.15) is 23.3 Å². The van der Waals surface area contributed by atoms with Crippen molar-refractivity contribution in [2.75, 3.05) is 20.3 Å². The van der Waals surface area contributed by atoms with E-state index in [9.17, 15) is 14.9 Å². The third-order valence-corrected chi connectivity index (χ3v) is 5.21. The molecule has 0 bridgehead atoms. The molecule has 0 unspecified atom stereocenters. The summed E-state index contributed by atoms with van der Waals surface area (Å²) < 4.78 is 17.1. The molecule has 3 rings (SSSR count). The van der Waals surface area contributed by atoms with Crippen LogP contribution in [0.5, 0.6) is 17.2 Å². The summed E-state index contributed by atoms with van der Waals surface area (Å²) in [4.78, 5) is 22.9. The third kappa shape index (κ3) is 5.28. The van der Waals surface area contributed by atoms with Crippen molar-refractivity contribution >= 4 is 46.0 Å². The van der Waals surface area contributed by atoms with Gasteiger partial charge in [0.05, 0.1) is 16.9 Å². The van der Waals surface area contributed by atoms with Gasteiger partial charge in [-0.3, -0.25) is 14.9 Å². The maximum atomic E-state index is 11.9. The zero-order chi connectivity index (χ0) is 21.7. The second-order valence-electron chi connectivity index (χ2n) is 6.18. The van der Waals surface area contributed by atoms with Crippen molar-refractivity contribution in [2.45, 2.75) is 6.92 Å². The Balaban J connectivity index is 1.72. The molecule has 1 aliphatic rings. The second kappa shape index (κ2) is 9.59. The van der Waals surface area contributed by atoms with Crippen molar-refractivity contribution in [1.82, 2.24) is 5.32 Å². The number of nitrogens with one attached hydrogen (secondary N) is 1. The van der Waals surface area contributed by atoms with Crippen LogP contribution in [-0.2, 0) is 4.79 Å². The van der Waals surface area contributed by atoms with E-state index in [0.29, 0.717) is 32.0 Å². The van der Waals surface area contributed by atoms with E-state index >= 15 is 0 Å². The zero-order valence-corrected chi connectivity index (χ0v) is 17.8. The number of benzene rings is 2. The minimum Gasteiger partial charge on any atom is -0.493 e. The lowest BCUT2D eigenvalue weighted by Gasteiger charge is -2.13. The first-order chi connectivity index (χ1) is 14.4. The molecule has 0 aliphatic carbocycles. The number of nitrogens with zero attached hydrogens (tertiary/aromatic N) is 1. The van der Waals surface area contributed by atoms with E-state index in [1.165, 1.54) is 24.3 Å². The van der Waals surface area contributed by atoms with Crippen molar-refractivity contribution in [2.24, 2.45) is 0 Å². The van der Waals surface area contributed by atoms with Crippen molar-refractivity contribution in [3.63, 3.8) is 0 Å². The summed E-state index contributed by atoms with van der Waals surface area (Å²) in [5.74, 6) is 1.25. The number of methoxy groups -OCH3 is 1. The lowest BCUT2D eigenvalue weighted by Crippen LogP contribution is -2.17. The van der Waals surface area contributed by atoms with Gasteiger partial charge < -0.3 is 19.5 Å². The molecule has 2 aromatic carbocycles. The average molecular weight is 447 g/mol. The Morgan fingerprint density at radius 1 is 1.13 bits per heavy atom. The van der Waals surface area contributed by atoms with Crippen LogP contribution in [0.15, 0.2) is 41.3 Å². The fourth-order valence-electron chi connectivity index (χ4n) is 2.65. The monoisotopic (exact) mass is 446 g/mol. The molecule has 1 aliphatic heterocycles. The van der Waals surface area contributed by atoms with E-state index in [1.807, 2.05) is 25.1 Å². The molecule has 10 heteroatoms. The number of rotatable bonds is 8. The van der Waals surface area contributed by atoms with Crippen LogP contribution in [0.25, 0.3) is 6.08 Å². The SMILES string of the molecule is COc1cc(C)ccc1OCCOc1ccc([N+](=O)[O-])cc1C=C1SC(=S)NC1=O.